The molecule has 1 heterocycles. The molecule has 1 aliphatic rings. The van der Waals surface area contributed by atoms with Crippen molar-refractivity contribution in [1.29, 1.82) is 0 Å². The molecule has 4 heteroatoms. The van der Waals surface area contributed by atoms with Gasteiger partial charge in [0.1, 0.15) is 0 Å². The Hall–Kier alpha value is -1.06. The fraction of sp³-hybridized carbons (Fsp3) is 0.857. The van der Waals surface area contributed by atoms with Gasteiger partial charge in [0.25, 0.3) is 0 Å². The predicted molar refractivity (Wildman–Crippen MR) is 70.2 cm³/mol. The first-order chi connectivity index (χ1) is 8.20. The first-order valence-electron chi connectivity index (χ1n) is 6.71. The lowest BCUT2D eigenvalue weighted by Crippen LogP contribution is -2.37. The lowest BCUT2D eigenvalue weighted by atomic mass is 9.82. The number of rotatable bonds is 4. The van der Waals surface area contributed by atoms with Gasteiger partial charge in [0, 0.05) is 19.5 Å². The van der Waals surface area contributed by atoms with Gasteiger partial charge in [-0.2, -0.15) is 0 Å². The summed E-state index contributed by atoms with van der Waals surface area (Å²) in [6.45, 7) is 9.03. The number of amides is 1. The summed E-state index contributed by atoms with van der Waals surface area (Å²) in [4.78, 5) is 25.3. The average molecular weight is 255 g/mol. The highest BCUT2D eigenvalue weighted by Crippen LogP contribution is 2.36. The quantitative estimate of drug-likeness (QED) is 0.839. The van der Waals surface area contributed by atoms with Crippen molar-refractivity contribution in [3.05, 3.63) is 0 Å². The number of carbonyl (C=O) groups is 2. The van der Waals surface area contributed by atoms with Crippen LogP contribution in [0.15, 0.2) is 0 Å². The van der Waals surface area contributed by atoms with E-state index in [2.05, 4.69) is 0 Å². The maximum atomic E-state index is 12.1. The molecule has 104 valence electrons. The van der Waals surface area contributed by atoms with Crippen LogP contribution in [0.5, 0.6) is 0 Å². The SMILES string of the molecule is CCCC1(C(=O)O)CCN(C(=O)CC(C)(C)C)C1. The van der Waals surface area contributed by atoms with Gasteiger partial charge in [-0.25, -0.2) is 0 Å². The molecule has 1 unspecified atom stereocenters. The number of likely N-dealkylation sites (tertiary alicyclic amines) is 1. The van der Waals surface area contributed by atoms with Crippen LogP contribution < -0.4 is 0 Å². The van der Waals surface area contributed by atoms with Crippen molar-refractivity contribution < 1.29 is 14.7 Å². The topological polar surface area (TPSA) is 57.6 Å². The normalized spacial score (nSPS) is 24.3. The third kappa shape index (κ3) is 3.47. The highest BCUT2D eigenvalue weighted by molar-refractivity contribution is 5.81. The van der Waals surface area contributed by atoms with Gasteiger partial charge < -0.3 is 10.0 Å². The Morgan fingerprint density at radius 3 is 2.39 bits per heavy atom. The predicted octanol–water partition coefficient (Wildman–Crippen LogP) is 2.53. The average Bonchev–Trinajstić information content (AvgIpc) is 2.61. The lowest BCUT2D eigenvalue weighted by Gasteiger charge is -2.26. The number of carboxylic acid groups (broad SMARTS) is 1. The number of hydrogen-bond donors (Lipinski definition) is 1. The molecule has 1 amide bonds. The summed E-state index contributed by atoms with van der Waals surface area (Å²) in [5.41, 5.74) is -0.751. The van der Waals surface area contributed by atoms with Crippen LogP contribution in [0.25, 0.3) is 0 Å². The molecule has 0 spiro atoms. The number of hydrogen-bond acceptors (Lipinski definition) is 2. The Bertz CT molecular complexity index is 332. The van der Waals surface area contributed by atoms with E-state index in [1.807, 2.05) is 27.7 Å². The van der Waals surface area contributed by atoms with E-state index in [4.69, 9.17) is 0 Å². The van der Waals surface area contributed by atoms with Crippen molar-refractivity contribution in [3.63, 3.8) is 0 Å². The summed E-state index contributed by atoms with van der Waals surface area (Å²) >= 11 is 0. The van der Waals surface area contributed by atoms with Gasteiger partial charge in [-0.3, -0.25) is 9.59 Å². The maximum Gasteiger partial charge on any atom is 0.311 e. The first-order valence-corrected chi connectivity index (χ1v) is 6.71. The summed E-state index contributed by atoms with van der Waals surface area (Å²) in [5, 5.41) is 9.39. The minimum absolute atomic E-state index is 0.0453. The molecule has 0 aromatic rings. The molecule has 1 saturated heterocycles. The Labute approximate surface area is 109 Å². The van der Waals surface area contributed by atoms with Crippen LogP contribution in [0.2, 0.25) is 0 Å². The molecule has 1 rings (SSSR count). The standard InChI is InChI=1S/C14H25NO3/c1-5-6-14(12(17)18)7-8-15(10-14)11(16)9-13(2,3)4/h5-10H2,1-4H3,(H,17,18). The monoisotopic (exact) mass is 255 g/mol. The van der Waals surface area contributed by atoms with Crippen LogP contribution in [0.3, 0.4) is 0 Å². The molecule has 1 N–H and O–H groups in total. The summed E-state index contributed by atoms with van der Waals surface area (Å²) in [7, 11) is 0. The number of nitrogens with zero attached hydrogens (tertiary/aromatic N) is 1. The minimum atomic E-state index is -0.754. The van der Waals surface area contributed by atoms with Crippen molar-refractivity contribution in [2.75, 3.05) is 13.1 Å². The van der Waals surface area contributed by atoms with E-state index in [-0.39, 0.29) is 11.3 Å². The van der Waals surface area contributed by atoms with E-state index in [1.54, 1.807) is 4.90 Å². The Kier molecular flexibility index (Phi) is 4.41. The summed E-state index contributed by atoms with van der Waals surface area (Å²) in [6.07, 6.45) is 2.57. The van der Waals surface area contributed by atoms with Crippen LogP contribution in [0.4, 0.5) is 0 Å². The molecule has 1 fully saturated rings. The minimum Gasteiger partial charge on any atom is -0.481 e. The van der Waals surface area contributed by atoms with Gasteiger partial charge in [-0.1, -0.05) is 34.1 Å². The molecule has 0 aromatic carbocycles. The third-order valence-corrected chi connectivity index (χ3v) is 3.57. The highest BCUT2D eigenvalue weighted by atomic mass is 16.4. The summed E-state index contributed by atoms with van der Waals surface area (Å²) in [6, 6.07) is 0. The zero-order valence-electron chi connectivity index (χ0n) is 12.0. The molecule has 1 aliphatic heterocycles. The van der Waals surface area contributed by atoms with Crippen LogP contribution in [-0.2, 0) is 9.59 Å². The maximum absolute atomic E-state index is 12.1. The Morgan fingerprint density at radius 1 is 1.33 bits per heavy atom. The molecule has 0 aromatic heterocycles. The summed E-state index contributed by atoms with van der Waals surface area (Å²) < 4.78 is 0. The molecule has 0 aliphatic carbocycles. The molecule has 0 bridgehead atoms. The highest BCUT2D eigenvalue weighted by Gasteiger charge is 2.45. The molecule has 1 atom stereocenters. The molecule has 18 heavy (non-hydrogen) atoms. The molecule has 0 saturated carbocycles. The van der Waals surface area contributed by atoms with Crippen LogP contribution in [-0.4, -0.2) is 35.0 Å². The molecule has 0 radical (unpaired) electrons. The van der Waals surface area contributed by atoms with Gasteiger partial charge in [0.2, 0.25) is 5.91 Å². The molecular formula is C14H25NO3. The van der Waals surface area contributed by atoms with E-state index >= 15 is 0 Å². The fourth-order valence-electron chi connectivity index (χ4n) is 2.61. The van der Waals surface area contributed by atoms with Crippen molar-refractivity contribution >= 4 is 11.9 Å². The first kappa shape index (κ1) is 15.0. The second kappa shape index (κ2) is 5.29. The Morgan fingerprint density at radius 2 is 1.94 bits per heavy atom. The van der Waals surface area contributed by atoms with Gasteiger partial charge in [-0.15, -0.1) is 0 Å². The van der Waals surface area contributed by atoms with Gasteiger partial charge in [0.15, 0.2) is 0 Å². The zero-order valence-corrected chi connectivity index (χ0v) is 12.0. The Balaban J connectivity index is 2.69. The van der Waals surface area contributed by atoms with Crippen molar-refractivity contribution in [2.45, 2.75) is 53.4 Å². The van der Waals surface area contributed by atoms with Gasteiger partial charge in [0.05, 0.1) is 5.41 Å². The van der Waals surface area contributed by atoms with Gasteiger partial charge in [-0.05, 0) is 18.3 Å². The molecule has 4 nitrogen and oxygen atoms in total. The number of aliphatic carboxylic acids is 1. The van der Waals surface area contributed by atoms with Crippen molar-refractivity contribution in [2.24, 2.45) is 10.8 Å². The zero-order chi connectivity index (χ0) is 14.0. The van der Waals surface area contributed by atoms with E-state index in [1.165, 1.54) is 0 Å². The smallest absolute Gasteiger partial charge is 0.311 e. The second-order valence-electron chi connectivity index (χ2n) is 6.64. The third-order valence-electron chi connectivity index (χ3n) is 3.57. The van der Waals surface area contributed by atoms with E-state index in [9.17, 15) is 14.7 Å². The van der Waals surface area contributed by atoms with Crippen LogP contribution in [0, 0.1) is 10.8 Å². The van der Waals surface area contributed by atoms with E-state index < -0.39 is 11.4 Å². The van der Waals surface area contributed by atoms with Crippen LogP contribution >= 0.6 is 0 Å². The molecular weight excluding hydrogens is 230 g/mol. The van der Waals surface area contributed by atoms with E-state index in [0.717, 1.165) is 6.42 Å². The number of carbonyl (C=O) groups excluding carboxylic acids is 1. The van der Waals surface area contributed by atoms with Gasteiger partial charge >= 0.3 is 5.97 Å². The largest absolute Gasteiger partial charge is 0.481 e. The lowest BCUT2D eigenvalue weighted by molar-refractivity contribution is -0.149. The second-order valence-corrected chi connectivity index (χ2v) is 6.64. The summed E-state index contributed by atoms with van der Waals surface area (Å²) in [5.74, 6) is -0.669. The van der Waals surface area contributed by atoms with E-state index in [0.29, 0.717) is 32.4 Å². The van der Waals surface area contributed by atoms with Crippen molar-refractivity contribution in [1.82, 2.24) is 4.90 Å². The number of carboxylic acids is 1. The van der Waals surface area contributed by atoms with Crippen LogP contribution in [0.1, 0.15) is 53.4 Å². The fourth-order valence-corrected chi connectivity index (χ4v) is 2.61. The van der Waals surface area contributed by atoms with Crippen molar-refractivity contribution in [3.8, 4) is 0 Å².